The van der Waals surface area contributed by atoms with Gasteiger partial charge in [-0.15, -0.1) is 11.3 Å². The van der Waals surface area contributed by atoms with Gasteiger partial charge in [-0.3, -0.25) is 4.79 Å². The molecule has 0 radical (unpaired) electrons. The first-order chi connectivity index (χ1) is 12.9. The lowest BCUT2D eigenvalue weighted by Crippen LogP contribution is -2.12. The Kier molecular flexibility index (Phi) is 5.53. The highest BCUT2D eigenvalue weighted by Crippen LogP contribution is 2.31. The third-order valence-corrected chi connectivity index (χ3v) is 5.55. The van der Waals surface area contributed by atoms with Gasteiger partial charge in [0.2, 0.25) is 5.88 Å². The van der Waals surface area contributed by atoms with Crippen molar-refractivity contribution >= 4 is 22.9 Å². The molecule has 1 unspecified atom stereocenters. The molecule has 0 saturated carbocycles. The van der Waals surface area contributed by atoms with Crippen LogP contribution in [0.15, 0.2) is 36.5 Å². The van der Waals surface area contributed by atoms with Gasteiger partial charge < -0.3 is 15.8 Å². The molecule has 0 aliphatic carbocycles. The van der Waals surface area contributed by atoms with Gasteiger partial charge in [0, 0.05) is 6.20 Å². The fourth-order valence-corrected chi connectivity index (χ4v) is 3.42. The number of amides is 1. The number of nitrogens with zero attached hydrogens (tertiary/aromatic N) is 2. The lowest BCUT2D eigenvalue weighted by molar-refractivity contribution is 0.102. The summed E-state index contributed by atoms with van der Waals surface area (Å²) in [5.41, 5.74) is 9.18. The Morgan fingerprint density at radius 3 is 2.70 bits per heavy atom. The second-order valence-electron chi connectivity index (χ2n) is 6.37. The van der Waals surface area contributed by atoms with Crippen LogP contribution >= 0.6 is 11.3 Å². The Balaban J connectivity index is 1.86. The van der Waals surface area contributed by atoms with Crippen LogP contribution in [-0.4, -0.2) is 15.9 Å². The number of hydrogen-bond acceptors (Lipinski definition) is 6. The van der Waals surface area contributed by atoms with Gasteiger partial charge in [0.15, 0.2) is 0 Å². The molecule has 0 fully saturated rings. The summed E-state index contributed by atoms with van der Waals surface area (Å²) in [6.07, 6.45) is 1.63. The predicted octanol–water partition coefficient (Wildman–Crippen LogP) is 4.53. The van der Waals surface area contributed by atoms with Crippen molar-refractivity contribution in [2.24, 2.45) is 5.73 Å². The number of ether oxygens (including phenoxy) is 1. The summed E-state index contributed by atoms with van der Waals surface area (Å²) in [5.74, 6) is 0.794. The van der Waals surface area contributed by atoms with Gasteiger partial charge in [-0.25, -0.2) is 9.97 Å². The number of anilines is 1. The van der Waals surface area contributed by atoms with Gasteiger partial charge in [0.1, 0.15) is 21.3 Å². The maximum atomic E-state index is 12.7. The van der Waals surface area contributed by atoms with E-state index in [2.05, 4.69) is 15.3 Å². The van der Waals surface area contributed by atoms with Crippen molar-refractivity contribution in [3.63, 3.8) is 0 Å². The van der Waals surface area contributed by atoms with Crippen molar-refractivity contribution in [2.45, 2.75) is 33.7 Å². The number of carbonyl (C=O) groups is 1. The summed E-state index contributed by atoms with van der Waals surface area (Å²) in [6.45, 7) is 7.65. The van der Waals surface area contributed by atoms with Crippen LogP contribution in [-0.2, 0) is 0 Å². The van der Waals surface area contributed by atoms with Gasteiger partial charge in [-0.05, 0) is 57.0 Å². The molecule has 0 bridgehead atoms. The zero-order valence-electron chi connectivity index (χ0n) is 15.7. The first-order valence-corrected chi connectivity index (χ1v) is 9.41. The van der Waals surface area contributed by atoms with Crippen LogP contribution in [0.4, 0.5) is 5.69 Å². The van der Waals surface area contributed by atoms with Crippen LogP contribution in [0.1, 0.15) is 44.5 Å². The predicted molar refractivity (Wildman–Crippen MR) is 108 cm³/mol. The summed E-state index contributed by atoms with van der Waals surface area (Å²) in [6, 6.07) is 9.12. The third kappa shape index (κ3) is 4.15. The Hall–Kier alpha value is -2.77. The summed E-state index contributed by atoms with van der Waals surface area (Å²) in [7, 11) is 0. The normalized spacial score (nSPS) is 11.9. The number of aromatic nitrogens is 2. The van der Waals surface area contributed by atoms with Crippen LogP contribution in [0.3, 0.4) is 0 Å². The smallest absolute Gasteiger partial charge is 0.267 e. The number of benzene rings is 1. The molecule has 0 saturated heterocycles. The number of aryl methyl sites for hydroxylation is 2. The number of nitrogens with one attached hydrogen (secondary N) is 1. The fraction of sp³-hybridized carbons (Fsp3) is 0.250. The van der Waals surface area contributed by atoms with E-state index in [1.54, 1.807) is 25.3 Å². The first-order valence-electron chi connectivity index (χ1n) is 8.60. The SMILES string of the molecule is Cc1cccc(Oc2ncccc2NC(=O)c2sc(C(C)N)nc2C)c1C. The number of carbonyl (C=O) groups excluding carboxylic acids is 1. The highest BCUT2D eigenvalue weighted by molar-refractivity contribution is 7.14. The highest BCUT2D eigenvalue weighted by Gasteiger charge is 2.19. The molecule has 2 heterocycles. The molecule has 7 heteroatoms. The van der Waals surface area contributed by atoms with Gasteiger partial charge in [-0.2, -0.15) is 0 Å². The quantitative estimate of drug-likeness (QED) is 0.677. The molecule has 6 nitrogen and oxygen atoms in total. The molecule has 3 N–H and O–H groups in total. The Bertz CT molecular complexity index is 982. The van der Waals surface area contributed by atoms with E-state index in [9.17, 15) is 4.79 Å². The van der Waals surface area contributed by atoms with Gasteiger partial charge in [-0.1, -0.05) is 12.1 Å². The molecule has 140 valence electrons. The Labute approximate surface area is 162 Å². The maximum Gasteiger partial charge on any atom is 0.267 e. The van der Waals surface area contributed by atoms with Crippen LogP contribution in [0.25, 0.3) is 0 Å². The van der Waals surface area contributed by atoms with E-state index in [1.807, 2.05) is 39.0 Å². The van der Waals surface area contributed by atoms with Crippen molar-refractivity contribution in [3.8, 4) is 11.6 Å². The number of pyridine rings is 1. The largest absolute Gasteiger partial charge is 0.437 e. The van der Waals surface area contributed by atoms with E-state index in [0.717, 1.165) is 16.1 Å². The lowest BCUT2D eigenvalue weighted by atomic mass is 10.1. The molecule has 0 aliphatic rings. The van der Waals surface area contributed by atoms with Crippen LogP contribution in [0.2, 0.25) is 0 Å². The van der Waals surface area contributed by atoms with E-state index in [-0.39, 0.29) is 11.9 Å². The van der Waals surface area contributed by atoms with E-state index in [1.165, 1.54) is 11.3 Å². The lowest BCUT2D eigenvalue weighted by Gasteiger charge is -2.13. The summed E-state index contributed by atoms with van der Waals surface area (Å²) in [4.78, 5) is 21.9. The van der Waals surface area contributed by atoms with E-state index >= 15 is 0 Å². The van der Waals surface area contributed by atoms with Crippen molar-refractivity contribution < 1.29 is 9.53 Å². The average Bonchev–Trinajstić information content (AvgIpc) is 3.03. The number of thiazole rings is 1. The minimum atomic E-state index is -0.254. The van der Waals surface area contributed by atoms with Crippen LogP contribution in [0.5, 0.6) is 11.6 Å². The minimum absolute atomic E-state index is 0.211. The average molecular weight is 382 g/mol. The Morgan fingerprint density at radius 2 is 2.00 bits per heavy atom. The Morgan fingerprint density at radius 1 is 1.22 bits per heavy atom. The number of nitrogens with two attached hydrogens (primary N) is 1. The standard InChI is InChI=1S/C20H22N4O2S/c1-11-7-5-9-16(12(11)2)26-19-15(8-6-10-22-19)24-18(25)17-14(4)23-20(27-17)13(3)21/h5-10,13H,21H2,1-4H3,(H,24,25). The monoisotopic (exact) mass is 382 g/mol. The van der Waals surface area contributed by atoms with Gasteiger partial charge in [0.25, 0.3) is 5.91 Å². The number of rotatable bonds is 5. The molecule has 3 rings (SSSR count). The summed E-state index contributed by atoms with van der Waals surface area (Å²) >= 11 is 1.30. The molecule has 0 spiro atoms. The first kappa shape index (κ1) is 19.0. The maximum absolute atomic E-state index is 12.7. The second kappa shape index (κ2) is 7.85. The summed E-state index contributed by atoms with van der Waals surface area (Å²) < 4.78 is 5.97. The third-order valence-electron chi connectivity index (χ3n) is 4.19. The van der Waals surface area contributed by atoms with Gasteiger partial charge >= 0.3 is 0 Å². The zero-order chi connectivity index (χ0) is 19.6. The molecular formula is C20H22N4O2S. The van der Waals surface area contributed by atoms with Crippen molar-refractivity contribution in [1.29, 1.82) is 0 Å². The molecular weight excluding hydrogens is 360 g/mol. The van der Waals surface area contributed by atoms with E-state index < -0.39 is 0 Å². The minimum Gasteiger partial charge on any atom is -0.437 e. The van der Waals surface area contributed by atoms with Gasteiger partial charge in [0.05, 0.1) is 11.7 Å². The second-order valence-corrected chi connectivity index (χ2v) is 7.40. The molecule has 1 atom stereocenters. The molecule has 2 aromatic heterocycles. The fourth-order valence-electron chi connectivity index (χ4n) is 2.51. The van der Waals surface area contributed by atoms with E-state index in [0.29, 0.717) is 27.9 Å². The topological polar surface area (TPSA) is 90.1 Å². The zero-order valence-corrected chi connectivity index (χ0v) is 16.6. The van der Waals surface area contributed by atoms with E-state index in [4.69, 9.17) is 10.5 Å². The van der Waals surface area contributed by atoms with Crippen molar-refractivity contribution in [2.75, 3.05) is 5.32 Å². The molecule has 1 amide bonds. The molecule has 0 aliphatic heterocycles. The molecule has 27 heavy (non-hydrogen) atoms. The number of hydrogen-bond donors (Lipinski definition) is 2. The molecule has 3 aromatic rings. The summed E-state index contributed by atoms with van der Waals surface area (Å²) in [5, 5.41) is 3.61. The highest BCUT2D eigenvalue weighted by atomic mass is 32.1. The van der Waals surface area contributed by atoms with Crippen LogP contribution in [0, 0.1) is 20.8 Å². The van der Waals surface area contributed by atoms with Crippen molar-refractivity contribution in [1.82, 2.24) is 9.97 Å². The van der Waals surface area contributed by atoms with Crippen molar-refractivity contribution in [3.05, 3.63) is 63.2 Å². The molecule has 1 aromatic carbocycles. The van der Waals surface area contributed by atoms with Crippen LogP contribution < -0.4 is 15.8 Å².